The van der Waals surface area contributed by atoms with E-state index in [0.717, 1.165) is 24.9 Å². The summed E-state index contributed by atoms with van der Waals surface area (Å²) in [5.41, 5.74) is 2.11. The van der Waals surface area contributed by atoms with Crippen LogP contribution < -0.4 is 9.47 Å². The van der Waals surface area contributed by atoms with Gasteiger partial charge in [0.2, 0.25) is 0 Å². The van der Waals surface area contributed by atoms with Gasteiger partial charge in [0.1, 0.15) is 30.0 Å². The molecule has 0 saturated carbocycles. The third-order valence-electron chi connectivity index (χ3n) is 7.75. The van der Waals surface area contributed by atoms with E-state index in [2.05, 4.69) is 18.7 Å². The van der Waals surface area contributed by atoms with E-state index < -0.39 is 27.5 Å². The van der Waals surface area contributed by atoms with Crippen molar-refractivity contribution < 1.29 is 32.5 Å². The molecule has 9 heteroatoms. The molecule has 0 amide bonds. The molecular weight excluding hydrogens is 533 g/mol. The second kappa shape index (κ2) is 10.8. The van der Waals surface area contributed by atoms with Crippen molar-refractivity contribution in [3.8, 4) is 23.0 Å². The summed E-state index contributed by atoms with van der Waals surface area (Å²) in [7, 11) is -3.65. The van der Waals surface area contributed by atoms with Crippen LogP contribution in [-0.4, -0.2) is 55.5 Å². The van der Waals surface area contributed by atoms with Gasteiger partial charge in [0.05, 0.1) is 10.5 Å². The van der Waals surface area contributed by atoms with Gasteiger partial charge >= 0.3 is 0 Å². The molecule has 2 aliphatic rings. The van der Waals surface area contributed by atoms with Crippen LogP contribution in [0.3, 0.4) is 0 Å². The largest absolute Gasteiger partial charge is 0.508 e. The summed E-state index contributed by atoms with van der Waals surface area (Å²) in [6, 6.07) is 14.5. The molecule has 2 aliphatic heterocycles. The fourth-order valence-electron chi connectivity index (χ4n) is 5.50. The van der Waals surface area contributed by atoms with Crippen LogP contribution in [0.25, 0.3) is 11.1 Å². The lowest BCUT2D eigenvalue weighted by Gasteiger charge is -2.31. The van der Waals surface area contributed by atoms with E-state index in [4.69, 9.17) is 9.47 Å². The predicted octanol–water partition coefficient (Wildman–Crippen LogP) is 5.81. The quantitative estimate of drug-likeness (QED) is 0.372. The van der Waals surface area contributed by atoms with Crippen molar-refractivity contribution in [2.24, 2.45) is 5.92 Å². The van der Waals surface area contributed by atoms with Crippen LogP contribution in [0.15, 0.2) is 59.5 Å². The first-order chi connectivity index (χ1) is 18.9. The first-order valence-corrected chi connectivity index (χ1v) is 15.2. The maximum atomic E-state index is 15.1. The van der Waals surface area contributed by atoms with Gasteiger partial charge in [0.15, 0.2) is 21.4 Å². The highest BCUT2D eigenvalue weighted by Crippen LogP contribution is 2.49. The number of hydrogen-bond acceptors (Lipinski definition) is 7. The predicted molar refractivity (Wildman–Crippen MR) is 152 cm³/mol. The minimum absolute atomic E-state index is 0.0750. The molecule has 3 aromatic rings. The van der Waals surface area contributed by atoms with E-state index in [1.165, 1.54) is 36.8 Å². The average Bonchev–Trinajstić information content (AvgIpc) is 3.35. The zero-order valence-corrected chi connectivity index (χ0v) is 23.8. The standard InChI is InChI=1S/C31H34FNO6S/c1-18-11-12-33(16-18)19(2)17-38-24-7-5-21(6-8-24)31-28(22-13-23(34)15-25(14-22)40(4,36)37)20(3)29-27(39-31)10-9-26(35)30(29)32/h5-10,13-15,18-19,31,34-35H,11-12,16-17H2,1-4H3. The Morgan fingerprint density at radius 2 is 1.85 bits per heavy atom. The topological polar surface area (TPSA) is 96.3 Å². The van der Waals surface area contributed by atoms with Crippen molar-refractivity contribution >= 4 is 21.0 Å². The lowest BCUT2D eigenvalue weighted by atomic mass is 9.86. The Bertz CT molecular complexity index is 1570. The number of phenolic OH excluding ortho intramolecular Hbond substituents is 2. The van der Waals surface area contributed by atoms with Crippen LogP contribution in [0, 0.1) is 11.7 Å². The number of benzene rings is 3. The molecule has 1 saturated heterocycles. The van der Waals surface area contributed by atoms with E-state index in [1.54, 1.807) is 6.92 Å². The summed E-state index contributed by atoms with van der Waals surface area (Å²) in [4.78, 5) is 2.36. The van der Waals surface area contributed by atoms with Crippen LogP contribution in [-0.2, 0) is 9.84 Å². The van der Waals surface area contributed by atoms with Gasteiger partial charge in [-0.15, -0.1) is 0 Å². The molecule has 212 valence electrons. The maximum Gasteiger partial charge on any atom is 0.176 e. The van der Waals surface area contributed by atoms with E-state index >= 15 is 4.39 Å². The second-order valence-corrected chi connectivity index (χ2v) is 12.9. The van der Waals surface area contributed by atoms with Gasteiger partial charge in [0, 0.05) is 24.4 Å². The monoisotopic (exact) mass is 567 g/mol. The molecule has 2 N–H and O–H groups in total. The number of sulfone groups is 1. The molecule has 0 spiro atoms. The van der Waals surface area contributed by atoms with Crippen LogP contribution in [0.2, 0.25) is 0 Å². The van der Waals surface area contributed by atoms with Crippen molar-refractivity contribution in [1.29, 1.82) is 0 Å². The Morgan fingerprint density at radius 3 is 2.50 bits per heavy atom. The van der Waals surface area contributed by atoms with E-state index in [-0.39, 0.29) is 22.0 Å². The summed E-state index contributed by atoms with van der Waals surface area (Å²) in [6.45, 7) is 8.83. The molecule has 40 heavy (non-hydrogen) atoms. The molecular formula is C31H34FNO6S. The highest BCUT2D eigenvalue weighted by atomic mass is 32.2. The number of fused-ring (bicyclic) bond motifs is 1. The number of phenols is 2. The Kier molecular flexibility index (Phi) is 7.54. The highest BCUT2D eigenvalue weighted by molar-refractivity contribution is 7.90. The molecule has 0 radical (unpaired) electrons. The molecule has 5 rings (SSSR count). The third kappa shape index (κ3) is 5.53. The number of aromatic hydroxyl groups is 2. The molecule has 3 atom stereocenters. The van der Waals surface area contributed by atoms with E-state index in [0.29, 0.717) is 41.0 Å². The lowest BCUT2D eigenvalue weighted by molar-refractivity contribution is 0.169. The second-order valence-electron chi connectivity index (χ2n) is 10.9. The number of ether oxygens (including phenoxy) is 2. The number of halogens is 1. The lowest BCUT2D eigenvalue weighted by Crippen LogP contribution is -2.35. The summed E-state index contributed by atoms with van der Waals surface area (Å²) in [5, 5.41) is 20.4. The van der Waals surface area contributed by atoms with Crippen molar-refractivity contribution in [3.63, 3.8) is 0 Å². The number of nitrogens with zero attached hydrogens (tertiary/aromatic N) is 1. The van der Waals surface area contributed by atoms with Gasteiger partial charge in [-0.2, -0.15) is 0 Å². The fourth-order valence-corrected chi connectivity index (χ4v) is 6.17. The molecule has 0 aromatic heterocycles. The zero-order chi connectivity index (χ0) is 28.8. The Morgan fingerprint density at radius 1 is 1.12 bits per heavy atom. The molecule has 2 heterocycles. The van der Waals surface area contributed by atoms with E-state index in [1.807, 2.05) is 24.3 Å². The summed E-state index contributed by atoms with van der Waals surface area (Å²) in [5.74, 6) is 0.0500. The van der Waals surface area contributed by atoms with Crippen LogP contribution >= 0.6 is 0 Å². The molecule has 0 aliphatic carbocycles. The first kappa shape index (κ1) is 28.0. The van der Waals surface area contributed by atoms with Gasteiger partial charge in [-0.1, -0.05) is 19.1 Å². The van der Waals surface area contributed by atoms with Crippen molar-refractivity contribution in [2.45, 2.75) is 44.2 Å². The molecule has 3 unspecified atom stereocenters. The average molecular weight is 568 g/mol. The SMILES string of the molecule is CC1=C(c2cc(O)cc(S(C)(=O)=O)c2)C(c2ccc(OCC(C)N3CCC(C)C3)cc2)Oc2ccc(O)c(F)c21. The minimum atomic E-state index is -3.65. The summed E-state index contributed by atoms with van der Waals surface area (Å²) >= 11 is 0. The Balaban J connectivity index is 1.51. The van der Waals surface area contributed by atoms with Crippen molar-refractivity contribution in [2.75, 3.05) is 26.0 Å². The van der Waals surface area contributed by atoms with Gasteiger partial charge in [0.25, 0.3) is 0 Å². The number of hydrogen-bond donors (Lipinski definition) is 2. The number of allylic oxidation sites excluding steroid dienone is 1. The molecule has 7 nitrogen and oxygen atoms in total. The first-order valence-electron chi connectivity index (χ1n) is 13.3. The van der Waals surface area contributed by atoms with Crippen molar-refractivity contribution in [3.05, 3.63) is 77.1 Å². The van der Waals surface area contributed by atoms with Gasteiger partial charge in [-0.05, 0) is 91.9 Å². The fraction of sp³-hybridized carbons (Fsp3) is 0.355. The number of rotatable bonds is 7. The minimum Gasteiger partial charge on any atom is -0.508 e. The van der Waals surface area contributed by atoms with Crippen LogP contribution in [0.1, 0.15) is 50.0 Å². The third-order valence-corrected chi connectivity index (χ3v) is 8.84. The van der Waals surface area contributed by atoms with Crippen LogP contribution in [0.4, 0.5) is 4.39 Å². The van der Waals surface area contributed by atoms with Crippen molar-refractivity contribution in [1.82, 2.24) is 4.90 Å². The Hall–Kier alpha value is -3.56. The normalized spacial score (nSPS) is 20.2. The molecule has 1 fully saturated rings. The smallest absolute Gasteiger partial charge is 0.176 e. The van der Waals surface area contributed by atoms with Crippen LogP contribution in [0.5, 0.6) is 23.0 Å². The highest BCUT2D eigenvalue weighted by Gasteiger charge is 2.33. The summed E-state index contributed by atoms with van der Waals surface area (Å²) < 4.78 is 52.1. The summed E-state index contributed by atoms with van der Waals surface area (Å²) in [6.07, 6.45) is 1.51. The maximum absolute atomic E-state index is 15.1. The zero-order valence-electron chi connectivity index (χ0n) is 23.0. The molecule has 3 aromatic carbocycles. The number of likely N-dealkylation sites (tertiary alicyclic amines) is 1. The van der Waals surface area contributed by atoms with Gasteiger partial charge in [-0.25, -0.2) is 12.8 Å². The van der Waals surface area contributed by atoms with Gasteiger partial charge < -0.3 is 19.7 Å². The van der Waals surface area contributed by atoms with Gasteiger partial charge in [-0.3, -0.25) is 4.90 Å². The molecule has 0 bridgehead atoms. The Labute approximate surface area is 234 Å². The van der Waals surface area contributed by atoms with E-state index in [9.17, 15) is 18.6 Å².